The van der Waals surface area contributed by atoms with Crippen molar-refractivity contribution in [3.63, 3.8) is 0 Å². The number of rotatable bonds is 3. The van der Waals surface area contributed by atoms with Crippen molar-refractivity contribution in [3.8, 4) is 6.07 Å². The van der Waals surface area contributed by atoms with Gasteiger partial charge in [-0.1, -0.05) is 6.42 Å². The molecule has 7 nitrogen and oxygen atoms in total. The monoisotopic (exact) mass is 283 g/mol. The van der Waals surface area contributed by atoms with E-state index in [0.29, 0.717) is 12.5 Å². The van der Waals surface area contributed by atoms with Gasteiger partial charge in [-0.15, -0.1) is 0 Å². The van der Waals surface area contributed by atoms with Gasteiger partial charge in [-0.2, -0.15) is 15.3 Å². The fourth-order valence-corrected chi connectivity index (χ4v) is 2.60. The minimum Gasteiger partial charge on any atom is -0.382 e. The van der Waals surface area contributed by atoms with Crippen molar-refractivity contribution in [1.82, 2.24) is 20.2 Å². The van der Waals surface area contributed by atoms with E-state index in [4.69, 9.17) is 11.0 Å². The van der Waals surface area contributed by atoms with E-state index in [1.54, 1.807) is 0 Å². The molecule has 0 fully saturated rings. The van der Waals surface area contributed by atoms with Gasteiger partial charge < -0.3 is 11.1 Å². The van der Waals surface area contributed by atoms with Gasteiger partial charge in [-0.3, -0.25) is 5.10 Å². The highest BCUT2D eigenvalue weighted by atomic mass is 15.2. The first-order valence-electron chi connectivity index (χ1n) is 7.09. The Kier molecular flexibility index (Phi) is 3.69. The summed E-state index contributed by atoms with van der Waals surface area (Å²) < 4.78 is 0. The number of nitrogens with one attached hydrogen (secondary N) is 2. The second-order valence-corrected chi connectivity index (χ2v) is 5.15. The number of aromatic nitrogens is 4. The van der Waals surface area contributed by atoms with Crippen molar-refractivity contribution in [2.45, 2.75) is 38.6 Å². The predicted octanol–water partition coefficient (Wildman–Crippen LogP) is 1.53. The maximum absolute atomic E-state index is 8.80. The van der Waals surface area contributed by atoms with Crippen LogP contribution in [0.25, 0.3) is 0 Å². The van der Waals surface area contributed by atoms with Crippen LogP contribution < -0.4 is 11.1 Å². The third kappa shape index (κ3) is 2.79. The van der Waals surface area contributed by atoms with E-state index in [2.05, 4.69) is 25.5 Å². The van der Waals surface area contributed by atoms with Gasteiger partial charge in [-0.05, 0) is 31.2 Å². The fourth-order valence-electron chi connectivity index (χ4n) is 2.60. The number of aryl methyl sites for hydroxylation is 1. The molecule has 108 valence electrons. The molecule has 0 bridgehead atoms. The van der Waals surface area contributed by atoms with Crippen LogP contribution in [0.2, 0.25) is 0 Å². The molecule has 1 aliphatic carbocycles. The zero-order valence-corrected chi connectivity index (χ0v) is 11.7. The summed E-state index contributed by atoms with van der Waals surface area (Å²) in [7, 11) is 0. The van der Waals surface area contributed by atoms with E-state index in [1.807, 2.05) is 6.07 Å². The number of nitrogen functional groups attached to an aromatic ring is 1. The number of H-pyrrole nitrogens is 1. The first-order chi connectivity index (χ1) is 10.3. The highest BCUT2D eigenvalue weighted by Gasteiger charge is 2.15. The van der Waals surface area contributed by atoms with Crippen LogP contribution in [0.4, 0.5) is 11.8 Å². The van der Waals surface area contributed by atoms with Crippen molar-refractivity contribution < 1.29 is 0 Å². The second kappa shape index (κ2) is 5.79. The Labute approximate surface area is 122 Å². The van der Waals surface area contributed by atoms with Gasteiger partial charge >= 0.3 is 0 Å². The number of anilines is 2. The molecule has 7 heteroatoms. The maximum atomic E-state index is 8.80. The average Bonchev–Trinajstić information content (AvgIpc) is 2.72. The largest absolute Gasteiger partial charge is 0.382 e. The summed E-state index contributed by atoms with van der Waals surface area (Å²) in [6.45, 7) is 0.553. The third-order valence-corrected chi connectivity index (χ3v) is 3.74. The quantitative estimate of drug-likeness (QED) is 0.736. The first kappa shape index (κ1) is 13.4. The molecule has 0 unspecified atom stereocenters. The summed E-state index contributed by atoms with van der Waals surface area (Å²) in [5.41, 5.74) is 9.55. The van der Waals surface area contributed by atoms with Gasteiger partial charge in [0.25, 0.3) is 0 Å². The van der Waals surface area contributed by atoms with E-state index in [0.717, 1.165) is 18.5 Å². The van der Waals surface area contributed by atoms with Crippen molar-refractivity contribution >= 4 is 11.8 Å². The Hall–Kier alpha value is -2.62. The van der Waals surface area contributed by atoms with Crippen molar-refractivity contribution in [2.75, 3.05) is 11.1 Å². The zero-order valence-electron chi connectivity index (χ0n) is 11.7. The maximum Gasteiger partial charge on any atom is 0.224 e. The summed E-state index contributed by atoms with van der Waals surface area (Å²) >= 11 is 0. The van der Waals surface area contributed by atoms with Crippen molar-refractivity contribution in [3.05, 3.63) is 28.7 Å². The number of fused-ring (bicyclic) bond motifs is 1. The summed E-state index contributed by atoms with van der Waals surface area (Å²) in [5, 5.41) is 19.4. The average molecular weight is 283 g/mol. The van der Waals surface area contributed by atoms with E-state index in [-0.39, 0.29) is 11.4 Å². The molecule has 0 amide bonds. The molecule has 2 heterocycles. The van der Waals surface area contributed by atoms with E-state index >= 15 is 0 Å². The number of hydrogen-bond acceptors (Lipinski definition) is 6. The molecular formula is C14H17N7. The Morgan fingerprint density at radius 1 is 1.33 bits per heavy atom. The van der Waals surface area contributed by atoms with Crippen LogP contribution >= 0.6 is 0 Å². The predicted molar refractivity (Wildman–Crippen MR) is 78.3 cm³/mol. The molecule has 2 aromatic heterocycles. The van der Waals surface area contributed by atoms with E-state index in [9.17, 15) is 0 Å². The standard InChI is InChI=1S/C14H17N7/c15-6-9-7-17-14(19-13(9)16)18-8-12-10-4-2-1-3-5-11(10)20-21-12/h7H,1-5,8H2,(H,20,21)(H3,16,17,18,19). The third-order valence-electron chi connectivity index (χ3n) is 3.74. The fraction of sp³-hybridized carbons (Fsp3) is 0.429. The molecule has 0 aromatic carbocycles. The molecule has 2 aromatic rings. The molecule has 0 aliphatic heterocycles. The molecule has 0 saturated carbocycles. The van der Waals surface area contributed by atoms with Crippen molar-refractivity contribution in [2.24, 2.45) is 0 Å². The molecule has 21 heavy (non-hydrogen) atoms. The number of aromatic amines is 1. The molecular weight excluding hydrogens is 266 g/mol. The van der Waals surface area contributed by atoms with Crippen LogP contribution in [0.15, 0.2) is 6.20 Å². The minimum absolute atomic E-state index is 0.191. The second-order valence-electron chi connectivity index (χ2n) is 5.15. The Bertz CT molecular complexity index is 683. The van der Waals surface area contributed by atoms with E-state index < -0.39 is 0 Å². The lowest BCUT2D eigenvalue weighted by atomic mass is 10.1. The van der Waals surface area contributed by atoms with Gasteiger partial charge in [0.1, 0.15) is 17.5 Å². The first-order valence-corrected chi connectivity index (χ1v) is 7.09. The lowest BCUT2D eigenvalue weighted by molar-refractivity contribution is 0.699. The summed E-state index contributed by atoms with van der Waals surface area (Å²) in [6.07, 6.45) is 7.26. The topological polar surface area (TPSA) is 116 Å². The SMILES string of the molecule is N#Cc1cnc(NCc2n[nH]c3c2CCCCC3)nc1N. The number of nitriles is 1. The van der Waals surface area contributed by atoms with Gasteiger partial charge in [0, 0.05) is 5.69 Å². The van der Waals surface area contributed by atoms with Crippen molar-refractivity contribution in [1.29, 1.82) is 5.26 Å². The summed E-state index contributed by atoms with van der Waals surface area (Å²) in [6, 6.07) is 1.94. The van der Waals surface area contributed by atoms with Crippen LogP contribution in [-0.2, 0) is 19.4 Å². The molecule has 4 N–H and O–H groups in total. The molecule has 1 aliphatic rings. The van der Waals surface area contributed by atoms with Crippen LogP contribution in [0.3, 0.4) is 0 Å². The Balaban J connectivity index is 1.72. The Morgan fingerprint density at radius 3 is 3.00 bits per heavy atom. The van der Waals surface area contributed by atoms with Gasteiger partial charge in [-0.25, -0.2) is 4.98 Å². The number of nitrogens with two attached hydrogens (primary N) is 1. The van der Waals surface area contributed by atoms with Crippen LogP contribution in [0.5, 0.6) is 0 Å². The molecule has 0 spiro atoms. The highest BCUT2D eigenvalue weighted by molar-refractivity contribution is 5.49. The summed E-state index contributed by atoms with van der Waals surface area (Å²) in [5.74, 6) is 0.604. The smallest absolute Gasteiger partial charge is 0.224 e. The highest BCUT2D eigenvalue weighted by Crippen LogP contribution is 2.22. The Morgan fingerprint density at radius 2 is 2.19 bits per heavy atom. The minimum atomic E-state index is 0.191. The van der Waals surface area contributed by atoms with Crippen LogP contribution in [-0.4, -0.2) is 20.2 Å². The normalized spacial score (nSPS) is 14.0. The van der Waals surface area contributed by atoms with Gasteiger partial charge in [0.2, 0.25) is 5.95 Å². The molecule has 0 radical (unpaired) electrons. The van der Waals surface area contributed by atoms with Crippen LogP contribution in [0, 0.1) is 11.3 Å². The van der Waals surface area contributed by atoms with Gasteiger partial charge in [0.05, 0.1) is 18.4 Å². The van der Waals surface area contributed by atoms with E-state index in [1.165, 1.54) is 36.7 Å². The number of nitrogens with zero attached hydrogens (tertiary/aromatic N) is 4. The molecule has 0 atom stereocenters. The van der Waals surface area contributed by atoms with Gasteiger partial charge in [0.15, 0.2) is 0 Å². The summed E-state index contributed by atoms with van der Waals surface area (Å²) in [4.78, 5) is 8.15. The number of hydrogen-bond donors (Lipinski definition) is 3. The molecule has 3 rings (SSSR count). The lowest BCUT2D eigenvalue weighted by Gasteiger charge is -2.06. The van der Waals surface area contributed by atoms with Crippen LogP contribution in [0.1, 0.15) is 41.8 Å². The molecule has 0 saturated heterocycles. The zero-order chi connectivity index (χ0) is 14.7. The lowest BCUT2D eigenvalue weighted by Crippen LogP contribution is -2.08.